The predicted octanol–water partition coefficient (Wildman–Crippen LogP) is 2.56. The number of nitrogens with one attached hydrogen (secondary N) is 1. The molecule has 0 saturated heterocycles. The summed E-state index contributed by atoms with van der Waals surface area (Å²) in [5.74, 6) is 0.823. The molecule has 11 atom stereocenters. The van der Waals surface area contributed by atoms with E-state index in [0.29, 0.717) is 49.4 Å². The molecule has 7 heteroatoms. The van der Waals surface area contributed by atoms with Crippen molar-refractivity contribution in [3.63, 3.8) is 0 Å². The average Bonchev–Trinajstić information content (AvgIpc) is 3.11. The van der Waals surface area contributed by atoms with Crippen molar-refractivity contribution in [3.8, 4) is 0 Å². The minimum Gasteiger partial charge on any atom is -0.480 e. The SMILES string of the molecule is CC(CCC(=O)NCC(=O)O)C1CCC2C3CCC4CC(O)CC(O)C4(C)C3CC(O)C12C. The molecule has 7 nitrogen and oxygen atoms in total. The lowest BCUT2D eigenvalue weighted by atomic mass is 9.43. The van der Waals surface area contributed by atoms with Crippen molar-refractivity contribution >= 4 is 11.9 Å². The van der Waals surface area contributed by atoms with Gasteiger partial charge in [-0.15, -0.1) is 0 Å². The van der Waals surface area contributed by atoms with Crippen molar-refractivity contribution in [3.05, 3.63) is 0 Å². The van der Waals surface area contributed by atoms with Crippen molar-refractivity contribution in [2.75, 3.05) is 6.54 Å². The average molecular weight is 466 g/mol. The van der Waals surface area contributed by atoms with Gasteiger partial charge in [-0.25, -0.2) is 0 Å². The van der Waals surface area contributed by atoms with E-state index in [9.17, 15) is 24.9 Å². The van der Waals surface area contributed by atoms with Crippen LogP contribution in [0.4, 0.5) is 0 Å². The van der Waals surface area contributed by atoms with E-state index < -0.39 is 24.3 Å². The van der Waals surface area contributed by atoms with Gasteiger partial charge in [0.1, 0.15) is 6.54 Å². The molecule has 4 saturated carbocycles. The fourth-order valence-corrected chi connectivity index (χ4v) is 9.05. The summed E-state index contributed by atoms with van der Waals surface area (Å²) in [4.78, 5) is 22.7. The van der Waals surface area contributed by atoms with Crippen LogP contribution in [0.5, 0.6) is 0 Å². The van der Waals surface area contributed by atoms with Crippen LogP contribution in [0.3, 0.4) is 0 Å². The van der Waals surface area contributed by atoms with E-state index in [-0.39, 0.29) is 35.1 Å². The molecule has 11 unspecified atom stereocenters. The van der Waals surface area contributed by atoms with Gasteiger partial charge in [0.2, 0.25) is 5.91 Å². The molecule has 0 aromatic rings. The van der Waals surface area contributed by atoms with E-state index in [4.69, 9.17) is 5.11 Å². The van der Waals surface area contributed by atoms with Crippen molar-refractivity contribution in [1.82, 2.24) is 5.32 Å². The molecule has 5 N–H and O–H groups in total. The summed E-state index contributed by atoms with van der Waals surface area (Å²) in [5, 5.41) is 44.1. The van der Waals surface area contributed by atoms with Crippen LogP contribution in [0.25, 0.3) is 0 Å². The van der Waals surface area contributed by atoms with Crippen molar-refractivity contribution < 1.29 is 30.0 Å². The van der Waals surface area contributed by atoms with Gasteiger partial charge in [-0.3, -0.25) is 9.59 Å². The van der Waals surface area contributed by atoms with Gasteiger partial charge >= 0.3 is 5.97 Å². The second-order valence-corrected chi connectivity index (χ2v) is 12.1. The van der Waals surface area contributed by atoms with Crippen LogP contribution in [0.2, 0.25) is 0 Å². The molecule has 0 spiro atoms. The zero-order chi connectivity index (χ0) is 24.1. The van der Waals surface area contributed by atoms with E-state index >= 15 is 0 Å². The Hall–Kier alpha value is -1.18. The molecule has 0 radical (unpaired) electrons. The lowest BCUT2D eigenvalue weighted by Gasteiger charge is -2.63. The van der Waals surface area contributed by atoms with Crippen LogP contribution in [0.15, 0.2) is 0 Å². The Balaban J connectivity index is 1.47. The second kappa shape index (κ2) is 9.12. The molecule has 4 aliphatic carbocycles. The number of fused-ring (bicyclic) bond motifs is 5. The second-order valence-electron chi connectivity index (χ2n) is 12.1. The fraction of sp³-hybridized carbons (Fsp3) is 0.923. The van der Waals surface area contributed by atoms with Crippen molar-refractivity contribution in [2.45, 2.75) is 96.9 Å². The molecule has 1 amide bonds. The first kappa shape index (κ1) is 24.9. The van der Waals surface area contributed by atoms with Gasteiger partial charge < -0.3 is 25.7 Å². The van der Waals surface area contributed by atoms with Gasteiger partial charge in [-0.2, -0.15) is 0 Å². The summed E-state index contributed by atoms with van der Waals surface area (Å²) in [7, 11) is 0. The standard InChI is InChI=1S/C26H43NO6/c1-14(4-9-23(31)27-13-24(32)33)18-7-8-19-17-6-5-15-10-16(28)11-21(29)25(15,2)20(17)12-22(30)26(18,19)3/h14-22,28-30H,4-13H2,1-3H3,(H,27,31)(H,32,33). The topological polar surface area (TPSA) is 127 Å². The summed E-state index contributed by atoms with van der Waals surface area (Å²) in [6, 6.07) is 0. The third kappa shape index (κ3) is 4.12. The molecular formula is C26H43NO6. The van der Waals surface area contributed by atoms with Gasteiger partial charge in [0.25, 0.3) is 0 Å². The monoisotopic (exact) mass is 465 g/mol. The highest BCUT2D eigenvalue weighted by Gasteiger charge is 2.65. The quantitative estimate of drug-likeness (QED) is 0.410. The molecule has 4 rings (SSSR count). The van der Waals surface area contributed by atoms with Gasteiger partial charge in [0.05, 0.1) is 18.3 Å². The Morgan fingerprint density at radius 3 is 2.33 bits per heavy atom. The first-order valence-corrected chi connectivity index (χ1v) is 13.0. The summed E-state index contributed by atoms with van der Waals surface area (Å²) in [5.41, 5.74) is -0.434. The van der Waals surface area contributed by atoms with E-state index in [1.807, 2.05) is 0 Å². The Morgan fingerprint density at radius 1 is 0.939 bits per heavy atom. The van der Waals surface area contributed by atoms with Crippen LogP contribution in [-0.4, -0.2) is 57.2 Å². The lowest BCUT2D eigenvalue weighted by molar-refractivity contribution is -0.207. The summed E-state index contributed by atoms with van der Waals surface area (Å²) >= 11 is 0. The summed E-state index contributed by atoms with van der Waals surface area (Å²) in [6.45, 7) is 6.30. The molecule has 0 aliphatic heterocycles. The number of carbonyl (C=O) groups is 2. The number of carbonyl (C=O) groups excluding carboxylic acids is 1. The van der Waals surface area contributed by atoms with Crippen LogP contribution in [0.1, 0.15) is 78.6 Å². The predicted molar refractivity (Wildman–Crippen MR) is 123 cm³/mol. The number of amides is 1. The molecule has 4 aliphatic rings. The minimum atomic E-state index is -1.04. The van der Waals surface area contributed by atoms with E-state index in [1.165, 1.54) is 0 Å². The first-order valence-electron chi connectivity index (χ1n) is 13.0. The molecule has 4 fully saturated rings. The van der Waals surface area contributed by atoms with Crippen LogP contribution in [0, 0.1) is 46.3 Å². The molecule has 0 heterocycles. The maximum atomic E-state index is 12.0. The van der Waals surface area contributed by atoms with Crippen LogP contribution < -0.4 is 5.32 Å². The molecule has 188 valence electrons. The lowest BCUT2D eigenvalue weighted by Crippen LogP contribution is -2.62. The normalized spacial score (nSPS) is 47.7. The van der Waals surface area contributed by atoms with Crippen LogP contribution in [-0.2, 0) is 9.59 Å². The smallest absolute Gasteiger partial charge is 0.322 e. The molecule has 0 aromatic carbocycles. The van der Waals surface area contributed by atoms with Crippen molar-refractivity contribution in [1.29, 1.82) is 0 Å². The highest BCUT2D eigenvalue weighted by molar-refractivity contribution is 5.81. The maximum absolute atomic E-state index is 12.0. The summed E-state index contributed by atoms with van der Waals surface area (Å²) < 4.78 is 0. The first-order chi connectivity index (χ1) is 15.5. The molecule has 33 heavy (non-hydrogen) atoms. The van der Waals surface area contributed by atoms with Gasteiger partial charge in [0.15, 0.2) is 0 Å². The number of carboxylic acid groups (broad SMARTS) is 1. The van der Waals surface area contributed by atoms with E-state index in [0.717, 1.165) is 32.1 Å². The van der Waals surface area contributed by atoms with Crippen LogP contribution >= 0.6 is 0 Å². The highest BCUT2D eigenvalue weighted by Crippen LogP contribution is 2.68. The zero-order valence-corrected chi connectivity index (χ0v) is 20.4. The number of rotatable bonds is 6. The molecular weight excluding hydrogens is 422 g/mol. The highest BCUT2D eigenvalue weighted by atomic mass is 16.4. The van der Waals surface area contributed by atoms with Crippen molar-refractivity contribution in [2.24, 2.45) is 46.3 Å². The molecule has 0 bridgehead atoms. The van der Waals surface area contributed by atoms with Gasteiger partial charge in [-0.05, 0) is 97.7 Å². The Labute approximate surface area is 197 Å². The number of hydrogen-bond donors (Lipinski definition) is 5. The number of aliphatic hydroxyl groups is 3. The fourth-order valence-electron chi connectivity index (χ4n) is 9.05. The number of carboxylic acids is 1. The minimum absolute atomic E-state index is 0.194. The Bertz CT molecular complexity index is 759. The number of aliphatic hydroxyl groups excluding tert-OH is 3. The van der Waals surface area contributed by atoms with Gasteiger partial charge in [0, 0.05) is 6.42 Å². The third-order valence-electron chi connectivity index (χ3n) is 10.9. The number of hydrogen-bond acceptors (Lipinski definition) is 5. The van der Waals surface area contributed by atoms with E-state index in [2.05, 4.69) is 26.1 Å². The number of aliphatic carboxylic acids is 1. The van der Waals surface area contributed by atoms with Gasteiger partial charge in [-0.1, -0.05) is 20.8 Å². The zero-order valence-electron chi connectivity index (χ0n) is 20.4. The Morgan fingerprint density at radius 2 is 1.64 bits per heavy atom. The largest absolute Gasteiger partial charge is 0.480 e. The third-order valence-corrected chi connectivity index (χ3v) is 10.9. The summed E-state index contributed by atoms with van der Waals surface area (Å²) in [6.07, 6.45) is 5.81. The molecule has 0 aromatic heterocycles. The maximum Gasteiger partial charge on any atom is 0.322 e. The van der Waals surface area contributed by atoms with E-state index in [1.54, 1.807) is 0 Å². The Kier molecular flexibility index (Phi) is 6.89.